The summed E-state index contributed by atoms with van der Waals surface area (Å²) in [6, 6.07) is 9.47. The first-order valence-electron chi connectivity index (χ1n) is 6.34. The van der Waals surface area contributed by atoms with Crippen molar-refractivity contribution in [2.75, 3.05) is 5.73 Å². The Morgan fingerprint density at radius 1 is 1.19 bits per heavy atom. The lowest BCUT2D eigenvalue weighted by Crippen LogP contribution is -2.01. The number of nitrogens with zero attached hydrogens (tertiary/aromatic N) is 2. The molecule has 1 aromatic heterocycles. The number of benzene rings is 2. The third kappa shape index (κ3) is 2.40. The number of nitrogen functional groups attached to an aromatic ring is 1. The number of aromatic nitrogens is 2. The van der Waals surface area contributed by atoms with Gasteiger partial charge in [-0.2, -0.15) is 5.10 Å². The normalized spacial score (nSPS) is 11.0. The standard InChI is InChI=1S/C15H13F2N3O/c1-20-14-5-3-2-4-9(14)13(19-20)8-21-15-7-10(16)12(18)6-11(15)17/h2-7H,8,18H2,1H3. The molecule has 2 N–H and O–H groups in total. The molecule has 0 aliphatic rings. The van der Waals surface area contributed by atoms with Crippen LogP contribution in [0.3, 0.4) is 0 Å². The van der Waals surface area contributed by atoms with Crippen molar-refractivity contribution in [3.05, 3.63) is 53.7 Å². The number of hydrogen-bond acceptors (Lipinski definition) is 3. The second-order valence-corrected chi connectivity index (χ2v) is 4.68. The van der Waals surface area contributed by atoms with E-state index in [4.69, 9.17) is 10.5 Å². The predicted molar refractivity (Wildman–Crippen MR) is 75.8 cm³/mol. The highest BCUT2D eigenvalue weighted by Crippen LogP contribution is 2.25. The van der Waals surface area contributed by atoms with Gasteiger partial charge in [0, 0.05) is 24.6 Å². The Morgan fingerprint density at radius 2 is 1.95 bits per heavy atom. The Hall–Kier alpha value is -2.63. The highest BCUT2D eigenvalue weighted by atomic mass is 19.1. The highest BCUT2D eigenvalue weighted by Gasteiger charge is 2.12. The molecule has 1 heterocycles. The van der Waals surface area contributed by atoms with Crippen molar-refractivity contribution in [1.82, 2.24) is 9.78 Å². The average Bonchev–Trinajstić information content (AvgIpc) is 2.79. The monoisotopic (exact) mass is 289 g/mol. The molecule has 108 valence electrons. The van der Waals surface area contributed by atoms with E-state index in [9.17, 15) is 8.78 Å². The van der Waals surface area contributed by atoms with Crippen LogP contribution in [0.15, 0.2) is 36.4 Å². The maximum atomic E-state index is 13.7. The Bertz CT molecular complexity index is 814. The van der Waals surface area contributed by atoms with E-state index < -0.39 is 11.6 Å². The lowest BCUT2D eigenvalue weighted by atomic mass is 10.2. The third-order valence-corrected chi connectivity index (χ3v) is 3.25. The molecule has 3 rings (SSSR count). The van der Waals surface area contributed by atoms with E-state index in [2.05, 4.69) is 5.10 Å². The molecule has 21 heavy (non-hydrogen) atoms. The van der Waals surface area contributed by atoms with Crippen molar-refractivity contribution >= 4 is 16.6 Å². The predicted octanol–water partition coefficient (Wildman–Crippen LogP) is 3.01. The Kier molecular flexibility index (Phi) is 3.21. The van der Waals surface area contributed by atoms with Gasteiger partial charge >= 0.3 is 0 Å². The van der Waals surface area contributed by atoms with Gasteiger partial charge in [0.25, 0.3) is 0 Å². The number of ether oxygens (including phenoxy) is 1. The molecule has 0 radical (unpaired) electrons. The number of hydrogen-bond donors (Lipinski definition) is 1. The van der Waals surface area contributed by atoms with Crippen LogP contribution in [0.25, 0.3) is 10.9 Å². The minimum atomic E-state index is -0.711. The topological polar surface area (TPSA) is 53.1 Å². The van der Waals surface area contributed by atoms with Crippen molar-refractivity contribution < 1.29 is 13.5 Å². The van der Waals surface area contributed by atoms with Crippen molar-refractivity contribution in [1.29, 1.82) is 0 Å². The molecule has 0 aliphatic carbocycles. The van der Waals surface area contributed by atoms with Crippen LogP contribution in [0, 0.1) is 11.6 Å². The van der Waals surface area contributed by atoms with E-state index >= 15 is 0 Å². The van der Waals surface area contributed by atoms with E-state index in [0.29, 0.717) is 5.69 Å². The molecular weight excluding hydrogens is 276 g/mol. The number of halogens is 2. The number of fused-ring (bicyclic) bond motifs is 1. The van der Waals surface area contributed by atoms with Crippen LogP contribution in [0.2, 0.25) is 0 Å². The van der Waals surface area contributed by atoms with Crippen LogP contribution in [-0.2, 0) is 13.7 Å². The van der Waals surface area contributed by atoms with Gasteiger partial charge in [-0.1, -0.05) is 18.2 Å². The van der Waals surface area contributed by atoms with Gasteiger partial charge in [0.05, 0.1) is 11.2 Å². The minimum Gasteiger partial charge on any atom is -0.484 e. The molecule has 0 bridgehead atoms. The molecule has 0 saturated heterocycles. The van der Waals surface area contributed by atoms with E-state index in [1.807, 2.05) is 31.3 Å². The van der Waals surface area contributed by atoms with Crippen LogP contribution in [0.5, 0.6) is 5.75 Å². The van der Waals surface area contributed by atoms with E-state index in [1.165, 1.54) is 0 Å². The first-order chi connectivity index (χ1) is 10.1. The molecular formula is C15H13F2N3O. The van der Waals surface area contributed by atoms with Crippen molar-refractivity contribution in [3.8, 4) is 5.75 Å². The van der Waals surface area contributed by atoms with E-state index in [0.717, 1.165) is 23.0 Å². The van der Waals surface area contributed by atoms with Gasteiger partial charge in [-0.3, -0.25) is 4.68 Å². The smallest absolute Gasteiger partial charge is 0.167 e. The first-order valence-corrected chi connectivity index (χ1v) is 6.34. The largest absolute Gasteiger partial charge is 0.484 e. The van der Waals surface area contributed by atoms with Crippen LogP contribution >= 0.6 is 0 Å². The van der Waals surface area contributed by atoms with Crippen molar-refractivity contribution in [3.63, 3.8) is 0 Å². The molecule has 0 amide bonds. The fraction of sp³-hybridized carbons (Fsp3) is 0.133. The van der Waals surface area contributed by atoms with Crippen molar-refractivity contribution in [2.45, 2.75) is 6.61 Å². The quantitative estimate of drug-likeness (QED) is 0.754. The molecule has 0 aliphatic heterocycles. The summed E-state index contributed by atoms with van der Waals surface area (Å²) in [6.07, 6.45) is 0. The third-order valence-electron chi connectivity index (χ3n) is 3.25. The second kappa shape index (κ2) is 5.05. The molecule has 6 heteroatoms. The highest BCUT2D eigenvalue weighted by molar-refractivity contribution is 5.81. The molecule has 0 unspecified atom stereocenters. The zero-order chi connectivity index (χ0) is 15.0. The molecule has 4 nitrogen and oxygen atoms in total. The van der Waals surface area contributed by atoms with E-state index in [1.54, 1.807) is 4.68 Å². The second-order valence-electron chi connectivity index (χ2n) is 4.68. The summed E-state index contributed by atoms with van der Waals surface area (Å²) >= 11 is 0. The number of rotatable bonds is 3. The lowest BCUT2D eigenvalue weighted by Gasteiger charge is -2.07. The maximum Gasteiger partial charge on any atom is 0.167 e. The summed E-state index contributed by atoms with van der Waals surface area (Å²) in [5.41, 5.74) is 6.64. The first kappa shape index (κ1) is 13.4. The van der Waals surface area contributed by atoms with Crippen LogP contribution < -0.4 is 10.5 Å². The van der Waals surface area contributed by atoms with Gasteiger partial charge in [0.1, 0.15) is 18.1 Å². The average molecular weight is 289 g/mol. The van der Waals surface area contributed by atoms with Gasteiger partial charge in [0.2, 0.25) is 0 Å². The maximum absolute atomic E-state index is 13.7. The molecule has 0 saturated carbocycles. The Balaban J connectivity index is 1.89. The molecule has 0 atom stereocenters. The Morgan fingerprint density at radius 3 is 2.76 bits per heavy atom. The summed E-state index contributed by atoms with van der Waals surface area (Å²) in [5, 5.41) is 5.24. The van der Waals surface area contributed by atoms with Crippen LogP contribution in [0.1, 0.15) is 5.69 Å². The van der Waals surface area contributed by atoms with E-state index in [-0.39, 0.29) is 18.0 Å². The Labute approximate surface area is 119 Å². The summed E-state index contributed by atoms with van der Waals surface area (Å²) in [5.74, 6) is -1.59. The van der Waals surface area contributed by atoms with Gasteiger partial charge < -0.3 is 10.5 Å². The molecule has 3 aromatic rings. The number of para-hydroxylation sites is 1. The minimum absolute atomic E-state index is 0.0433. The summed E-state index contributed by atoms with van der Waals surface area (Å²) in [4.78, 5) is 0. The van der Waals surface area contributed by atoms with Gasteiger partial charge in [-0.25, -0.2) is 8.78 Å². The lowest BCUT2D eigenvalue weighted by molar-refractivity contribution is 0.284. The van der Waals surface area contributed by atoms with Gasteiger partial charge in [-0.15, -0.1) is 0 Å². The zero-order valence-corrected chi connectivity index (χ0v) is 11.3. The SMILES string of the molecule is Cn1nc(COc2cc(F)c(N)cc2F)c2ccccc21. The number of anilines is 1. The zero-order valence-electron chi connectivity index (χ0n) is 11.3. The molecule has 0 fully saturated rings. The molecule has 2 aromatic carbocycles. The summed E-state index contributed by atoms with van der Waals surface area (Å²) in [6.45, 7) is 0.0433. The fourth-order valence-electron chi connectivity index (χ4n) is 2.20. The van der Waals surface area contributed by atoms with Crippen LogP contribution in [-0.4, -0.2) is 9.78 Å². The van der Waals surface area contributed by atoms with Crippen LogP contribution in [0.4, 0.5) is 14.5 Å². The van der Waals surface area contributed by atoms with Gasteiger partial charge in [0.15, 0.2) is 11.6 Å². The summed E-state index contributed by atoms with van der Waals surface area (Å²) in [7, 11) is 1.81. The molecule has 0 spiro atoms. The number of nitrogens with two attached hydrogens (primary N) is 1. The number of aryl methyl sites for hydroxylation is 1. The van der Waals surface area contributed by atoms with Gasteiger partial charge in [-0.05, 0) is 6.07 Å². The van der Waals surface area contributed by atoms with Crippen molar-refractivity contribution in [2.24, 2.45) is 7.05 Å². The fourth-order valence-corrected chi connectivity index (χ4v) is 2.20. The summed E-state index contributed by atoms with van der Waals surface area (Å²) < 4.78 is 34.1.